The summed E-state index contributed by atoms with van der Waals surface area (Å²) in [6, 6.07) is 7.58. The fourth-order valence-electron chi connectivity index (χ4n) is 4.53. The Balaban J connectivity index is 1.30. The van der Waals surface area contributed by atoms with Gasteiger partial charge < -0.3 is 14.5 Å². The third kappa shape index (κ3) is 4.50. The quantitative estimate of drug-likeness (QED) is 0.777. The van der Waals surface area contributed by atoms with E-state index in [0.717, 1.165) is 70.5 Å². The van der Waals surface area contributed by atoms with Gasteiger partial charge in [0, 0.05) is 43.6 Å². The third-order valence-electron chi connectivity index (χ3n) is 6.50. The van der Waals surface area contributed by atoms with Crippen molar-refractivity contribution in [1.82, 2.24) is 9.80 Å². The number of carbonyl (C=O) groups excluding carboxylic acids is 2. The second kappa shape index (κ2) is 8.97. The third-order valence-corrected chi connectivity index (χ3v) is 6.50. The number of carbonyl (C=O) groups is 2. The summed E-state index contributed by atoms with van der Waals surface area (Å²) < 4.78 is 6.04. The number of rotatable bonds is 5. The normalized spacial score (nSPS) is 23.2. The van der Waals surface area contributed by atoms with Crippen molar-refractivity contribution in [3.63, 3.8) is 0 Å². The first-order valence-electron chi connectivity index (χ1n) is 11.0. The molecule has 1 aliphatic carbocycles. The number of hydrogen-bond acceptors (Lipinski definition) is 3. The molecule has 1 aromatic carbocycles. The lowest BCUT2D eigenvalue weighted by Crippen LogP contribution is -2.45. The maximum atomic E-state index is 12.7. The Morgan fingerprint density at radius 3 is 2.46 bits per heavy atom. The van der Waals surface area contributed by atoms with E-state index in [0.29, 0.717) is 24.0 Å². The van der Waals surface area contributed by atoms with Crippen LogP contribution in [0.25, 0.3) is 0 Å². The highest BCUT2D eigenvalue weighted by molar-refractivity contribution is 5.94. The van der Waals surface area contributed by atoms with E-state index in [1.807, 2.05) is 29.2 Å². The van der Waals surface area contributed by atoms with E-state index in [-0.39, 0.29) is 11.8 Å². The minimum atomic E-state index is 0.111. The molecule has 4 rings (SSSR count). The Kier molecular flexibility index (Phi) is 6.18. The largest absolute Gasteiger partial charge is 0.493 e. The highest BCUT2D eigenvalue weighted by Crippen LogP contribution is 2.30. The zero-order chi connectivity index (χ0) is 19.3. The average molecular weight is 385 g/mol. The standard InChI is InChI=1S/C23H32N2O3/c26-22(19-8-4-9-19)25-14-6-7-18(16-25)17-28-21-11-5-10-20(15-21)23(27)24-12-2-1-3-13-24/h5,10-11,15,18-19H,1-4,6-9,12-14,16-17H2. The van der Waals surface area contributed by atoms with E-state index in [1.54, 1.807) is 0 Å². The maximum absolute atomic E-state index is 12.7. The molecule has 28 heavy (non-hydrogen) atoms. The summed E-state index contributed by atoms with van der Waals surface area (Å²) in [5, 5.41) is 0. The minimum Gasteiger partial charge on any atom is -0.493 e. The molecule has 5 heteroatoms. The van der Waals surface area contributed by atoms with Crippen LogP contribution in [0.3, 0.4) is 0 Å². The summed E-state index contributed by atoms with van der Waals surface area (Å²) >= 11 is 0. The SMILES string of the molecule is O=C(c1cccc(OCC2CCCN(C(=O)C3CCC3)C2)c1)N1CCCCC1. The molecule has 1 atom stereocenters. The minimum absolute atomic E-state index is 0.111. The van der Waals surface area contributed by atoms with Gasteiger partial charge in [0.05, 0.1) is 6.61 Å². The number of benzene rings is 1. The Bertz CT molecular complexity index is 695. The van der Waals surface area contributed by atoms with Crippen LogP contribution in [0.1, 0.15) is 61.7 Å². The van der Waals surface area contributed by atoms with Crippen molar-refractivity contribution in [2.24, 2.45) is 11.8 Å². The first kappa shape index (κ1) is 19.3. The van der Waals surface area contributed by atoms with Crippen LogP contribution in [0.15, 0.2) is 24.3 Å². The number of likely N-dealkylation sites (tertiary alicyclic amines) is 2. The summed E-state index contributed by atoms with van der Waals surface area (Å²) in [6.45, 7) is 4.02. The molecule has 0 spiro atoms. The molecule has 3 aliphatic rings. The molecule has 1 aromatic rings. The lowest BCUT2D eigenvalue weighted by atomic mass is 9.83. The van der Waals surface area contributed by atoms with Crippen molar-refractivity contribution in [3.8, 4) is 5.75 Å². The number of piperidine rings is 2. The summed E-state index contributed by atoms with van der Waals surface area (Å²) in [5.74, 6) is 1.87. The van der Waals surface area contributed by atoms with Crippen molar-refractivity contribution >= 4 is 11.8 Å². The van der Waals surface area contributed by atoms with Gasteiger partial charge in [0.1, 0.15) is 5.75 Å². The first-order chi connectivity index (χ1) is 13.7. The summed E-state index contributed by atoms with van der Waals surface area (Å²) in [7, 11) is 0. The van der Waals surface area contributed by atoms with Gasteiger partial charge in [-0.25, -0.2) is 0 Å². The summed E-state index contributed by atoms with van der Waals surface area (Å²) in [5.41, 5.74) is 0.713. The van der Waals surface area contributed by atoms with E-state index in [9.17, 15) is 9.59 Å². The number of amides is 2. The van der Waals surface area contributed by atoms with E-state index in [4.69, 9.17) is 4.74 Å². The van der Waals surface area contributed by atoms with Gasteiger partial charge in [0.2, 0.25) is 5.91 Å². The molecule has 3 fully saturated rings. The van der Waals surface area contributed by atoms with Crippen LogP contribution in [-0.2, 0) is 4.79 Å². The van der Waals surface area contributed by atoms with E-state index < -0.39 is 0 Å². The topological polar surface area (TPSA) is 49.9 Å². The van der Waals surface area contributed by atoms with Gasteiger partial charge in [0.15, 0.2) is 0 Å². The van der Waals surface area contributed by atoms with Crippen LogP contribution in [0.2, 0.25) is 0 Å². The zero-order valence-electron chi connectivity index (χ0n) is 16.8. The molecule has 0 aromatic heterocycles. The highest BCUT2D eigenvalue weighted by Gasteiger charge is 2.32. The molecule has 152 valence electrons. The molecule has 0 bridgehead atoms. The Morgan fingerprint density at radius 2 is 1.71 bits per heavy atom. The van der Waals surface area contributed by atoms with E-state index >= 15 is 0 Å². The Hall–Kier alpha value is -2.04. The van der Waals surface area contributed by atoms with Crippen LogP contribution in [0.5, 0.6) is 5.75 Å². The smallest absolute Gasteiger partial charge is 0.253 e. The van der Waals surface area contributed by atoms with Gasteiger partial charge in [0.25, 0.3) is 5.91 Å². The van der Waals surface area contributed by atoms with Crippen molar-refractivity contribution < 1.29 is 14.3 Å². The molecule has 1 unspecified atom stereocenters. The van der Waals surface area contributed by atoms with Crippen LogP contribution >= 0.6 is 0 Å². The van der Waals surface area contributed by atoms with Gasteiger partial charge >= 0.3 is 0 Å². The average Bonchev–Trinajstić information content (AvgIpc) is 2.71. The molecule has 2 aliphatic heterocycles. The maximum Gasteiger partial charge on any atom is 0.253 e. The lowest BCUT2D eigenvalue weighted by Gasteiger charge is -2.37. The number of nitrogens with zero attached hydrogens (tertiary/aromatic N) is 2. The molecule has 5 nitrogen and oxygen atoms in total. The second-order valence-corrected chi connectivity index (χ2v) is 8.61. The molecule has 2 saturated heterocycles. The van der Waals surface area contributed by atoms with Gasteiger partial charge in [-0.15, -0.1) is 0 Å². The van der Waals surface area contributed by atoms with Crippen LogP contribution < -0.4 is 4.74 Å². The first-order valence-corrected chi connectivity index (χ1v) is 11.0. The van der Waals surface area contributed by atoms with Gasteiger partial charge in [-0.05, 0) is 63.1 Å². The lowest BCUT2D eigenvalue weighted by molar-refractivity contribution is -0.140. The molecular formula is C23H32N2O3. The van der Waals surface area contributed by atoms with E-state index in [2.05, 4.69) is 4.90 Å². The molecule has 2 heterocycles. The van der Waals surface area contributed by atoms with Crippen LogP contribution in [-0.4, -0.2) is 54.4 Å². The van der Waals surface area contributed by atoms with Gasteiger partial charge in [-0.3, -0.25) is 9.59 Å². The van der Waals surface area contributed by atoms with E-state index in [1.165, 1.54) is 12.8 Å². The van der Waals surface area contributed by atoms with Crippen LogP contribution in [0.4, 0.5) is 0 Å². The number of hydrogen-bond donors (Lipinski definition) is 0. The van der Waals surface area contributed by atoms with Crippen molar-refractivity contribution in [2.75, 3.05) is 32.8 Å². The fourth-order valence-corrected chi connectivity index (χ4v) is 4.53. The van der Waals surface area contributed by atoms with Gasteiger partial charge in [-0.1, -0.05) is 12.5 Å². The monoisotopic (exact) mass is 384 g/mol. The van der Waals surface area contributed by atoms with Gasteiger partial charge in [-0.2, -0.15) is 0 Å². The predicted molar refractivity (Wildman–Crippen MR) is 108 cm³/mol. The summed E-state index contributed by atoms with van der Waals surface area (Å²) in [6.07, 6.45) is 8.89. The molecule has 2 amide bonds. The van der Waals surface area contributed by atoms with Crippen molar-refractivity contribution in [1.29, 1.82) is 0 Å². The fraction of sp³-hybridized carbons (Fsp3) is 0.652. The summed E-state index contributed by atoms with van der Waals surface area (Å²) in [4.78, 5) is 29.2. The molecule has 0 N–H and O–H groups in total. The van der Waals surface area contributed by atoms with Crippen molar-refractivity contribution in [3.05, 3.63) is 29.8 Å². The second-order valence-electron chi connectivity index (χ2n) is 8.61. The van der Waals surface area contributed by atoms with Crippen molar-refractivity contribution in [2.45, 2.75) is 51.4 Å². The molecule has 0 radical (unpaired) electrons. The molecule has 1 saturated carbocycles. The number of ether oxygens (including phenoxy) is 1. The predicted octanol–water partition coefficient (Wildman–Crippen LogP) is 3.73. The highest BCUT2D eigenvalue weighted by atomic mass is 16.5. The van der Waals surface area contributed by atoms with Crippen LogP contribution in [0, 0.1) is 11.8 Å². The molecular weight excluding hydrogens is 352 g/mol. The Labute approximate surface area is 168 Å². The zero-order valence-corrected chi connectivity index (χ0v) is 16.8. The Morgan fingerprint density at radius 1 is 0.929 bits per heavy atom.